The number of ether oxygens (including phenoxy) is 1. The van der Waals surface area contributed by atoms with Crippen molar-refractivity contribution in [2.45, 2.75) is 91.0 Å². The molecule has 1 aliphatic carbocycles. The third-order valence-electron chi connectivity index (χ3n) is 10.4. The van der Waals surface area contributed by atoms with Crippen LogP contribution in [0.25, 0.3) is 21.3 Å². The summed E-state index contributed by atoms with van der Waals surface area (Å²) in [7, 11) is 0. The first-order chi connectivity index (χ1) is 26.2. The number of nitro benzene ring substituents is 1. The average molecular weight is 757 g/mol. The van der Waals surface area contributed by atoms with Gasteiger partial charge in [0.2, 0.25) is 17.3 Å². The Kier molecular flexibility index (Phi) is 13.1. The van der Waals surface area contributed by atoms with Crippen LogP contribution in [-0.2, 0) is 16.1 Å². The number of hydrogen-bond acceptors (Lipinski definition) is 10. The topological polar surface area (TPSA) is 163 Å². The van der Waals surface area contributed by atoms with E-state index in [2.05, 4.69) is 20.3 Å². The fourth-order valence-corrected chi connectivity index (χ4v) is 8.28. The molecular weight excluding hydrogens is 709 g/mol. The molecule has 13 nitrogen and oxygen atoms in total. The van der Waals surface area contributed by atoms with Gasteiger partial charge in [-0.05, 0) is 110 Å². The molecule has 2 aromatic carbocycles. The highest BCUT2D eigenvalue weighted by Gasteiger charge is 2.29. The van der Waals surface area contributed by atoms with Gasteiger partial charge in [-0.1, -0.05) is 37.8 Å². The summed E-state index contributed by atoms with van der Waals surface area (Å²) >= 11 is 1.58. The van der Waals surface area contributed by atoms with Gasteiger partial charge in [-0.15, -0.1) is 11.3 Å². The number of nitrogens with one attached hydrogen (secondary N) is 1. The quantitative estimate of drug-likeness (QED) is 0.0377. The minimum atomic E-state index is -0.526. The van der Waals surface area contributed by atoms with Crippen molar-refractivity contribution in [3.05, 3.63) is 75.3 Å². The molecule has 1 saturated carbocycles. The highest BCUT2D eigenvalue weighted by atomic mass is 32.1. The second-order valence-electron chi connectivity index (χ2n) is 14.2. The summed E-state index contributed by atoms with van der Waals surface area (Å²) in [5.41, 5.74) is 3.61. The van der Waals surface area contributed by atoms with E-state index in [-0.39, 0.29) is 52.7 Å². The predicted molar refractivity (Wildman–Crippen MR) is 208 cm³/mol. The molecule has 2 amide bonds. The number of thiophene rings is 1. The number of benzene rings is 2. The fraction of sp³-hybridized carbons (Fsp3) is 0.475. The van der Waals surface area contributed by atoms with Crippen molar-refractivity contribution in [3.8, 4) is 5.75 Å². The maximum atomic E-state index is 13.7. The van der Waals surface area contributed by atoms with Crippen molar-refractivity contribution in [2.75, 3.05) is 24.6 Å². The van der Waals surface area contributed by atoms with Crippen LogP contribution >= 0.6 is 11.3 Å². The number of fused-ring (bicyclic) bond motifs is 2. The molecule has 0 unspecified atom stereocenters. The molecule has 0 radical (unpaired) electrons. The van der Waals surface area contributed by atoms with Crippen LogP contribution in [-0.4, -0.2) is 57.1 Å². The summed E-state index contributed by atoms with van der Waals surface area (Å²) in [6.07, 6.45) is 9.53. The molecular formula is C40H48N6O7S. The number of ketones is 1. The smallest absolute Gasteiger partial charge is 0.301 e. The van der Waals surface area contributed by atoms with Crippen molar-refractivity contribution in [1.29, 1.82) is 0 Å². The Balaban J connectivity index is 0.868. The Bertz CT molecular complexity index is 2080. The predicted octanol–water partition coefficient (Wildman–Crippen LogP) is 8.42. The second kappa shape index (κ2) is 18.3. The number of hydrogen-bond donors (Lipinski definition) is 1. The van der Waals surface area contributed by atoms with Crippen LogP contribution in [0.5, 0.6) is 5.75 Å². The molecule has 1 aliphatic rings. The largest absolute Gasteiger partial charge is 0.491 e. The van der Waals surface area contributed by atoms with Crippen LogP contribution in [0.2, 0.25) is 0 Å². The Morgan fingerprint density at radius 2 is 1.76 bits per heavy atom. The van der Waals surface area contributed by atoms with Crippen LogP contribution in [0.15, 0.2) is 58.5 Å². The number of non-ortho nitro benzene ring substituents is 1. The van der Waals surface area contributed by atoms with E-state index < -0.39 is 4.92 Å². The number of unbranched alkanes of at least 4 members (excludes halogenated alkanes) is 5. The van der Waals surface area contributed by atoms with Crippen LogP contribution in [0.4, 0.5) is 11.4 Å². The molecule has 1 fully saturated rings. The summed E-state index contributed by atoms with van der Waals surface area (Å²) in [6, 6.07) is 14.7. The lowest BCUT2D eigenvalue weighted by atomic mass is 9.79. The third-order valence-corrected chi connectivity index (χ3v) is 11.3. The number of carbonyl (C=O) groups is 3. The normalized spacial score (nSPS) is 15.7. The molecule has 0 aliphatic heterocycles. The number of carbonyl (C=O) groups excluding carboxylic acids is 3. The van der Waals surface area contributed by atoms with Crippen molar-refractivity contribution < 1.29 is 28.7 Å². The first-order valence-corrected chi connectivity index (χ1v) is 19.9. The number of anilines is 1. The second-order valence-corrected chi connectivity index (χ2v) is 15.1. The van der Waals surface area contributed by atoms with Gasteiger partial charge in [0.15, 0.2) is 17.0 Å². The molecule has 3 aromatic heterocycles. The molecule has 14 heteroatoms. The third kappa shape index (κ3) is 9.33. The molecule has 0 saturated heterocycles. The average Bonchev–Trinajstić information content (AvgIpc) is 3.91. The van der Waals surface area contributed by atoms with Gasteiger partial charge in [0.1, 0.15) is 6.54 Å². The summed E-state index contributed by atoms with van der Waals surface area (Å²) in [5.74, 6) is 0.738. The first-order valence-electron chi connectivity index (χ1n) is 19.0. The lowest BCUT2D eigenvalue weighted by molar-refractivity contribution is -0.383. The number of likely N-dealkylation sites (N-methyl/N-ethyl adjacent to an activating group) is 1. The fourth-order valence-electron chi connectivity index (χ4n) is 7.46. The molecule has 0 atom stereocenters. The van der Waals surface area contributed by atoms with Gasteiger partial charge in [0.05, 0.1) is 27.4 Å². The minimum Gasteiger partial charge on any atom is -0.491 e. The Morgan fingerprint density at radius 3 is 2.52 bits per heavy atom. The van der Waals surface area contributed by atoms with Crippen LogP contribution in [0.1, 0.15) is 93.6 Å². The van der Waals surface area contributed by atoms with Gasteiger partial charge in [-0.2, -0.15) is 0 Å². The zero-order chi connectivity index (χ0) is 38.0. The number of nitrogens with zero attached hydrogens (tertiary/aromatic N) is 5. The van der Waals surface area contributed by atoms with Gasteiger partial charge in [-0.25, -0.2) is 4.63 Å². The van der Waals surface area contributed by atoms with E-state index in [4.69, 9.17) is 4.74 Å². The Hall–Kier alpha value is -5.11. The SMILES string of the molecule is CCN(C(=O)Cn1c(C(=O)CC2CCC(C(=O)NCCCCCCCCOc3ccc([N+](=O)[O-])c4nonc34)CC2)cc2sccc21)c1cccc(C)c1. The maximum Gasteiger partial charge on any atom is 0.301 e. The van der Waals surface area contributed by atoms with E-state index in [0.29, 0.717) is 37.6 Å². The Labute approximate surface area is 318 Å². The van der Waals surface area contributed by atoms with Crippen molar-refractivity contribution in [1.82, 2.24) is 20.2 Å². The Morgan fingerprint density at radius 1 is 1.00 bits per heavy atom. The molecule has 5 aromatic rings. The van der Waals surface area contributed by atoms with Crippen LogP contribution < -0.4 is 15.0 Å². The van der Waals surface area contributed by atoms with Crippen molar-refractivity contribution in [3.63, 3.8) is 0 Å². The molecule has 3 heterocycles. The van der Waals surface area contributed by atoms with Crippen LogP contribution in [0, 0.1) is 28.9 Å². The number of aryl methyl sites for hydroxylation is 1. The molecule has 0 spiro atoms. The number of amides is 2. The van der Waals surface area contributed by atoms with Gasteiger partial charge in [0.25, 0.3) is 0 Å². The summed E-state index contributed by atoms with van der Waals surface area (Å²) in [4.78, 5) is 52.6. The van der Waals surface area contributed by atoms with Gasteiger partial charge < -0.3 is 19.5 Å². The molecule has 6 rings (SSSR count). The molecule has 286 valence electrons. The van der Waals surface area contributed by atoms with E-state index in [1.54, 1.807) is 16.2 Å². The van der Waals surface area contributed by atoms with Crippen molar-refractivity contribution >= 4 is 61.6 Å². The van der Waals surface area contributed by atoms with Crippen molar-refractivity contribution in [2.24, 2.45) is 11.8 Å². The van der Waals surface area contributed by atoms with E-state index in [9.17, 15) is 24.5 Å². The highest BCUT2D eigenvalue weighted by molar-refractivity contribution is 7.17. The lowest BCUT2D eigenvalue weighted by Gasteiger charge is -2.27. The standard InChI is InChI=1S/C40H48N6O7S/c1-3-44(30-12-10-11-27(2)23-30)37(48)26-45-31-19-22-54-36(31)25-33(45)34(47)24-28-13-15-29(16-14-28)40(49)41-20-8-6-4-5-7-9-21-52-35-18-17-32(46(50)51)38-39(35)43-53-42-38/h10-12,17-19,22-23,25,28-29H,3-9,13-16,20-21,24,26H2,1-2H3,(H,41,49). The molecule has 54 heavy (non-hydrogen) atoms. The van der Waals surface area contributed by atoms with Gasteiger partial charge in [-0.3, -0.25) is 24.5 Å². The number of aromatic nitrogens is 3. The van der Waals surface area contributed by atoms with E-state index >= 15 is 0 Å². The zero-order valence-electron chi connectivity index (χ0n) is 31.0. The van der Waals surface area contributed by atoms with E-state index in [1.807, 2.05) is 60.2 Å². The first kappa shape index (κ1) is 38.6. The maximum absolute atomic E-state index is 13.7. The zero-order valence-corrected chi connectivity index (χ0v) is 31.8. The minimum absolute atomic E-state index is 0.0187. The van der Waals surface area contributed by atoms with E-state index in [1.165, 1.54) is 12.1 Å². The monoisotopic (exact) mass is 756 g/mol. The highest BCUT2D eigenvalue weighted by Crippen LogP contribution is 2.34. The molecule has 0 bridgehead atoms. The van der Waals surface area contributed by atoms with Gasteiger partial charge in [0, 0.05) is 37.2 Å². The van der Waals surface area contributed by atoms with Gasteiger partial charge >= 0.3 is 5.69 Å². The number of nitro groups is 1. The summed E-state index contributed by atoms with van der Waals surface area (Å²) in [6.45, 7) is 5.74. The summed E-state index contributed by atoms with van der Waals surface area (Å²) < 4.78 is 13.3. The summed E-state index contributed by atoms with van der Waals surface area (Å²) in [5, 5.41) is 23.6. The van der Waals surface area contributed by atoms with E-state index in [0.717, 1.165) is 85.7 Å². The van der Waals surface area contributed by atoms with Crippen LogP contribution in [0.3, 0.4) is 0 Å². The number of rotatable bonds is 19. The lowest BCUT2D eigenvalue weighted by Crippen LogP contribution is -2.35. The number of Topliss-reactive ketones (excluding diaryl/α,β-unsaturated/α-hetero) is 1. The molecule has 1 N–H and O–H groups in total.